The Morgan fingerprint density at radius 2 is 1.92 bits per heavy atom. The minimum Gasteiger partial charge on any atom is -0.353 e. The number of benzene rings is 1. The van der Waals surface area contributed by atoms with E-state index in [0.717, 1.165) is 6.42 Å². The quantitative estimate of drug-likeness (QED) is 0.801. The molecule has 0 aliphatic rings. The van der Waals surface area contributed by atoms with Gasteiger partial charge in [-0.1, -0.05) is 51.1 Å². The number of carbonyl (C=O) groups is 1. The summed E-state index contributed by atoms with van der Waals surface area (Å²) in [6.45, 7) is 10.1. The van der Waals surface area contributed by atoms with E-state index in [9.17, 15) is 9.59 Å². The Labute approximate surface area is 155 Å². The van der Waals surface area contributed by atoms with Gasteiger partial charge in [-0.25, -0.2) is 4.98 Å². The maximum atomic E-state index is 12.4. The van der Waals surface area contributed by atoms with E-state index >= 15 is 0 Å². The summed E-state index contributed by atoms with van der Waals surface area (Å²) < 4.78 is 0. The van der Waals surface area contributed by atoms with Gasteiger partial charge in [0.1, 0.15) is 5.82 Å². The van der Waals surface area contributed by atoms with Crippen molar-refractivity contribution in [2.45, 2.75) is 65.3 Å². The highest BCUT2D eigenvalue weighted by molar-refractivity contribution is 5.79. The monoisotopic (exact) mass is 355 g/mol. The summed E-state index contributed by atoms with van der Waals surface area (Å²) in [6, 6.07) is 10.3. The summed E-state index contributed by atoms with van der Waals surface area (Å²) in [6.07, 6.45) is 1.52. The molecular weight excluding hydrogens is 326 g/mol. The second-order valence-corrected chi connectivity index (χ2v) is 7.53. The molecular formula is C21H29N3O2. The van der Waals surface area contributed by atoms with E-state index < -0.39 is 0 Å². The maximum Gasteiger partial charge on any atom is 0.254 e. The molecule has 0 unspecified atom stereocenters. The fraction of sp³-hybridized carbons (Fsp3) is 0.476. The van der Waals surface area contributed by atoms with Crippen LogP contribution in [0, 0.1) is 6.92 Å². The first kappa shape index (κ1) is 19.9. The molecule has 0 radical (unpaired) electrons. The van der Waals surface area contributed by atoms with Crippen LogP contribution in [0.5, 0.6) is 0 Å². The molecule has 26 heavy (non-hydrogen) atoms. The molecule has 0 spiro atoms. The Balaban J connectivity index is 2.01. The van der Waals surface area contributed by atoms with Gasteiger partial charge in [-0.2, -0.15) is 0 Å². The zero-order valence-electron chi connectivity index (χ0n) is 16.3. The topological polar surface area (TPSA) is 74.8 Å². The molecule has 5 heteroatoms. The molecule has 0 saturated carbocycles. The van der Waals surface area contributed by atoms with Crippen molar-refractivity contribution >= 4 is 5.91 Å². The molecule has 0 aliphatic carbocycles. The number of hydrogen-bond donors (Lipinski definition) is 2. The highest BCUT2D eigenvalue weighted by Gasteiger charge is 2.24. The van der Waals surface area contributed by atoms with Gasteiger partial charge in [-0.05, 0) is 31.2 Å². The van der Waals surface area contributed by atoms with Crippen LogP contribution in [-0.4, -0.2) is 21.9 Å². The Hall–Kier alpha value is -2.43. The fourth-order valence-electron chi connectivity index (χ4n) is 3.35. The lowest BCUT2D eigenvalue weighted by Crippen LogP contribution is -2.39. The fourth-order valence-corrected chi connectivity index (χ4v) is 3.35. The summed E-state index contributed by atoms with van der Waals surface area (Å²) in [5, 5.41) is 3.02. The van der Waals surface area contributed by atoms with Gasteiger partial charge in [0, 0.05) is 23.7 Å². The van der Waals surface area contributed by atoms with Gasteiger partial charge in [0.05, 0.1) is 6.42 Å². The normalized spacial score (nSPS) is 12.7. The number of nitrogens with zero attached hydrogens (tertiary/aromatic N) is 1. The number of H-pyrrole nitrogens is 1. The van der Waals surface area contributed by atoms with E-state index in [0.29, 0.717) is 23.5 Å². The second kappa shape index (κ2) is 8.30. The average molecular weight is 355 g/mol. The first-order valence-electron chi connectivity index (χ1n) is 9.16. The summed E-state index contributed by atoms with van der Waals surface area (Å²) in [5.74, 6) is 0.496. The van der Waals surface area contributed by atoms with Crippen molar-refractivity contribution in [3.05, 3.63) is 63.3 Å². The first-order valence-corrected chi connectivity index (χ1v) is 9.16. The van der Waals surface area contributed by atoms with Gasteiger partial charge in [-0.3, -0.25) is 9.59 Å². The van der Waals surface area contributed by atoms with Crippen molar-refractivity contribution in [1.82, 2.24) is 15.3 Å². The lowest BCUT2D eigenvalue weighted by atomic mass is 9.79. The van der Waals surface area contributed by atoms with E-state index in [1.807, 2.05) is 32.0 Å². The SMILES string of the molecule is CCc1nc(C)c(CC(=O)N[C@H](C)CC(C)(C)c2ccccc2)c(=O)[nH]1. The molecule has 1 aromatic carbocycles. The van der Waals surface area contributed by atoms with Gasteiger partial charge in [0.2, 0.25) is 5.91 Å². The van der Waals surface area contributed by atoms with Crippen LogP contribution < -0.4 is 10.9 Å². The molecule has 1 aromatic heterocycles. The van der Waals surface area contributed by atoms with Crippen LogP contribution in [-0.2, 0) is 23.1 Å². The van der Waals surface area contributed by atoms with Gasteiger partial charge < -0.3 is 10.3 Å². The highest BCUT2D eigenvalue weighted by atomic mass is 16.2. The molecule has 2 N–H and O–H groups in total. The van der Waals surface area contributed by atoms with Crippen molar-refractivity contribution in [2.75, 3.05) is 0 Å². The van der Waals surface area contributed by atoms with E-state index in [1.54, 1.807) is 6.92 Å². The molecule has 1 heterocycles. The van der Waals surface area contributed by atoms with Crippen molar-refractivity contribution in [2.24, 2.45) is 0 Å². The summed E-state index contributed by atoms with van der Waals surface area (Å²) in [7, 11) is 0. The van der Waals surface area contributed by atoms with Crippen molar-refractivity contribution in [3.8, 4) is 0 Å². The third-order valence-corrected chi connectivity index (χ3v) is 4.72. The summed E-state index contributed by atoms with van der Waals surface area (Å²) in [5.41, 5.74) is 2.04. The Morgan fingerprint density at radius 3 is 2.50 bits per heavy atom. The van der Waals surface area contributed by atoms with Crippen LogP contribution in [0.1, 0.15) is 56.8 Å². The van der Waals surface area contributed by atoms with Gasteiger partial charge in [0.15, 0.2) is 0 Å². The Bertz CT molecular complexity index is 810. The summed E-state index contributed by atoms with van der Waals surface area (Å²) >= 11 is 0. The molecule has 5 nitrogen and oxygen atoms in total. The Morgan fingerprint density at radius 1 is 1.27 bits per heavy atom. The molecule has 140 valence electrons. The molecule has 2 aromatic rings. The van der Waals surface area contributed by atoms with Gasteiger partial charge in [0.25, 0.3) is 5.56 Å². The number of rotatable bonds is 7. The molecule has 0 saturated heterocycles. The number of hydrogen-bond acceptors (Lipinski definition) is 3. The number of amides is 1. The predicted molar refractivity (Wildman–Crippen MR) is 104 cm³/mol. The summed E-state index contributed by atoms with van der Waals surface area (Å²) in [4.78, 5) is 31.7. The average Bonchev–Trinajstić information content (AvgIpc) is 2.58. The molecule has 0 aliphatic heterocycles. The molecule has 0 fully saturated rings. The van der Waals surface area contributed by atoms with E-state index in [-0.39, 0.29) is 29.3 Å². The van der Waals surface area contributed by atoms with Crippen LogP contribution in [0.2, 0.25) is 0 Å². The van der Waals surface area contributed by atoms with Gasteiger partial charge >= 0.3 is 0 Å². The van der Waals surface area contributed by atoms with Crippen LogP contribution in [0.4, 0.5) is 0 Å². The van der Waals surface area contributed by atoms with Crippen LogP contribution >= 0.6 is 0 Å². The van der Waals surface area contributed by atoms with Crippen LogP contribution in [0.15, 0.2) is 35.1 Å². The number of nitrogens with one attached hydrogen (secondary N) is 2. The lowest BCUT2D eigenvalue weighted by Gasteiger charge is -2.29. The van der Waals surface area contributed by atoms with E-state index in [1.165, 1.54) is 5.56 Å². The number of aryl methyl sites for hydroxylation is 2. The first-order chi connectivity index (χ1) is 12.2. The third kappa shape index (κ3) is 5.04. The zero-order valence-corrected chi connectivity index (χ0v) is 16.3. The largest absolute Gasteiger partial charge is 0.353 e. The van der Waals surface area contributed by atoms with E-state index in [2.05, 4.69) is 41.3 Å². The molecule has 2 rings (SSSR count). The van der Waals surface area contributed by atoms with Crippen molar-refractivity contribution < 1.29 is 4.79 Å². The number of aromatic amines is 1. The second-order valence-electron chi connectivity index (χ2n) is 7.53. The smallest absolute Gasteiger partial charge is 0.254 e. The zero-order chi connectivity index (χ0) is 19.3. The van der Waals surface area contributed by atoms with E-state index in [4.69, 9.17) is 0 Å². The molecule has 0 bridgehead atoms. The van der Waals surface area contributed by atoms with Crippen LogP contribution in [0.25, 0.3) is 0 Å². The number of carbonyl (C=O) groups excluding carboxylic acids is 1. The molecule has 1 amide bonds. The Kier molecular flexibility index (Phi) is 6.35. The van der Waals surface area contributed by atoms with Crippen molar-refractivity contribution in [3.63, 3.8) is 0 Å². The third-order valence-electron chi connectivity index (χ3n) is 4.72. The molecule has 1 atom stereocenters. The van der Waals surface area contributed by atoms with Crippen LogP contribution in [0.3, 0.4) is 0 Å². The van der Waals surface area contributed by atoms with Gasteiger partial charge in [-0.15, -0.1) is 0 Å². The maximum absolute atomic E-state index is 12.4. The predicted octanol–water partition coefficient (Wildman–Crippen LogP) is 3.06. The number of aromatic nitrogens is 2. The van der Waals surface area contributed by atoms with Crippen molar-refractivity contribution in [1.29, 1.82) is 0 Å². The minimum atomic E-state index is -0.221. The highest BCUT2D eigenvalue weighted by Crippen LogP contribution is 2.28. The standard InChI is InChI=1S/C21H29N3O2/c1-6-18-23-15(3)17(20(26)24-18)12-19(25)22-14(2)13-21(4,5)16-10-8-7-9-11-16/h7-11,14H,6,12-13H2,1-5H3,(H,22,25)(H,23,24,26)/t14-/m1/s1. The minimum absolute atomic E-state index is 0.0000296. The lowest BCUT2D eigenvalue weighted by molar-refractivity contribution is -0.121.